The molecule has 0 unspecified atom stereocenters. The maximum absolute atomic E-state index is 12.9. The molecule has 0 aromatic heterocycles. The summed E-state index contributed by atoms with van der Waals surface area (Å²) in [5.74, 6) is -0.522. The quantitative estimate of drug-likeness (QED) is 0.577. The summed E-state index contributed by atoms with van der Waals surface area (Å²) >= 11 is 0. The van der Waals surface area contributed by atoms with Gasteiger partial charge in [-0.15, -0.1) is 0 Å². The van der Waals surface area contributed by atoms with Gasteiger partial charge < -0.3 is 35.1 Å². The summed E-state index contributed by atoms with van der Waals surface area (Å²) in [6, 6.07) is -1.50. The fraction of sp³-hybridized carbons (Fsp3) is 0.824. The Labute approximate surface area is 159 Å². The highest BCUT2D eigenvalue weighted by Crippen LogP contribution is 2.18. The van der Waals surface area contributed by atoms with Crippen molar-refractivity contribution in [3.63, 3.8) is 0 Å². The average molecular weight is 386 g/mol. The van der Waals surface area contributed by atoms with Crippen molar-refractivity contribution in [2.75, 3.05) is 46.2 Å². The summed E-state index contributed by atoms with van der Waals surface area (Å²) < 4.78 is 15.7. The third kappa shape index (κ3) is 6.05. The molecule has 2 aliphatic rings. The monoisotopic (exact) mass is 386 g/mol. The second kappa shape index (κ2) is 9.34. The normalized spacial score (nSPS) is 21.9. The zero-order chi connectivity index (χ0) is 20.0. The first-order valence-corrected chi connectivity index (χ1v) is 9.17. The average Bonchev–Trinajstić information content (AvgIpc) is 2.95. The smallest absolute Gasteiger partial charge is 0.408 e. The van der Waals surface area contributed by atoms with Crippen LogP contribution in [0.3, 0.4) is 0 Å². The van der Waals surface area contributed by atoms with Gasteiger partial charge in [-0.05, 0) is 27.2 Å². The number of morpholine rings is 1. The number of hydrogen-bond donors (Lipinski definition) is 2. The summed E-state index contributed by atoms with van der Waals surface area (Å²) in [4.78, 5) is 40.7. The molecule has 0 aromatic rings. The zero-order valence-electron chi connectivity index (χ0n) is 16.2. The summed E-state index contributed by atoms with van der Waals surface area (Å²) in [6.45, 7) is 7.42. The van der Waals surface area contributed by atoms with Crippen molar-refractivity contribution in [1.82, 2.24) is 15.1 Å². The first-order chi connectivity index (χ1) is 12.7. The number of nitrogens with two attached hydrogens (primary N) is 1. The van der Waals surface area contributed by atoms with E-state index in [9.17, 15) is 14.4 Å². The van der Waals surface area contributed by atoms with Gasteiger partial charge in [-0.2, -0.15) is 0 Å². The number of carbonyl (C=O) groups excluding carboxylic acids is 3. The summed E-state index contributed by atoms with van der Waals surface area (Å²) in [6.07, 6.45) is -0.259. The number of carbonyl (C=O) groups is 3. The van der Waals surface area contributed by atoms with E-state index in [0.717, 1.165) is 0 Å². The van der Waals surface area contributed by atoms with Crippen LogP contribution in [0.1, 0.15) is 27.2 Å². The van der Waals surface area contributed by atoms with Crippen LogP contribution in [-0.2, 0) is 23.8 Å². The number of hydrogen-bond acceptors (Lipinski definition) is 7. The van der Waals surface area contributed by atoms with Crippen molar-refractivity contribution >= 4 is 17.9 Å². The Morgan fingerprint density at radius 3 is 2.56 bits per heavy atom. The summed E-state index contributed by atoms with van der Waals surface area (Å²) in [5, 5.41) is 2.58. The lowest BCUT2D eigenvalue weighted by Crippen LogP contribution is -2.55. The first kappa shape index (κ1) is 21.4. The van der Waals surface area contributed by atoms with Gasteiger partial charge in [-0.25, -0.2) is 4.79 Å². The molecule has 2 atom stereocenters. The molecular formula is C17H30N4O6. The van der Waals surface area contributed by atoms with E-state index in [2.05, 4.69) is 5.32 Å². The van der Waals surface area contributed by atoms with E-state index >= 15 is 0 Å². The van der Waals surface area contributed by atoms with Gasteiger partial charge in [0, 0.05) is 19.6 Å². The van der Waals surface area contributed by atoms with Crippen molar-refractivity contribution in [2.24, 2.45) is 5.73 Å². The standard InChI is InChI=1S/C17H30N4O6/c1-17(2,3)27-16(24)19-12-4-5-21(14(12)22)13(10-26-11-18)15(23)20-6-8-25-9-7-20/h12-13H,4-11,18H2,1-3H3,(H,19,24)/t12-,13-/m0/s1. The van der Waals surface area contributed by atoms with Gasteiger partial charge in [0.25, 0.3) is 0 Å². The molecular weight excluding hydrogens is 356 g/mol. The lowest BCUT2D eigenvalue weighted by Gasteiger charge is -2.34. The second-order valence-electron chi connectivity index (χ2n) is 7.51. The number of alkyl carbamates (subject to hydrolysis) is 1. The molecule has 0 spiro atoms. The number of nitrogens with one attached hydrogen (secondary N) is 1. The van der Waals surface area contributed by atoms with Crippen LogP contribution in [-0.4, -0.2) is 91.6 Å². The minimum atomic E-state index is -0.774. The Morgan fingerprint density at radius 1 is 1.30 bits per heavy atom. The molecule has 2 heterocycles. The van der Waals surface area contributed by atoms with Crippen LogP contribution in [0.25, 0.3) is 0 Å². The lowest BCUT2D eigenvalue weighted by atomic mass is 10.2. The van der Waals surface area contributed by atoms with Crippen molar-refractivity contribution < 1.29 is 28.6 Å². The molecule has 3 N–H and O–H groups in total. The van der Waals surface area contributed by atoms with Gasteiger partial charge in [0.05, 0.1) is 26.6 Å². The summed E-state index contributed by atoms with van der Waals surface area (Å²) in [5.41, 5.74) is 4.74. The van der Waals surface area contributed by atoms with Gasteiger partial charge in [0.15, 0.2) is 0 Å². The molecule has 0 aromatic carbocycles. The third-order valence-electron chi connectivity index (χ3n) is 4.31. The van der Waals surface area contributed by atoms with Crippen LogP contribution in [0.15, 0.2) is 0 Å². The molecule has 2 saturated heterocycles. The highest BCUT2D eigenvalue weighted by Gasteiger charge is 2.41. The van der Waals surface area contributed by atoms with Gasteiger partial charge in [0.1, 0.15) is 17.7 Å². The lowest BCUT2D eigenvalue weighted by molar-refractivity contribution is -0.149. The molecule has 10 heteroatoms. The van der Waals surface area contributed by atoms with Crippen molar-refractivity contribution in [2.45, 2.75) is 44.9 Å². The van der Waals surface area contributed by atoms with Crippen molar-refractivity contribution in [3.05, 3.63) is 0 Å². The molecule has 2 fully saturated rings. The Bertz CT molecular complexity index is 544. The number of likely N-dealkylation sites (tertiary alicyclic amines) is 1. The van der Waals surface area contributed by atoms with Gasteiger partial charge in [-0.3, -0.25) is 9.59 Å². The topological polar surface area (TPSA) is 123 Å². The maximum Gasteiger partial charge on any atom is 0.408 e. The molecule has 0 saturated carbocycles. The second-order valence-corrected chi connectivity index (χ2v) is 7.51. The molecule has 154 valence electrons. The van der Waals surface area contributed by atoms with Crippen LogP contribution < -0.4 is 11.1 Å². The van der Waals surface area contributed by atoms with E-state index < -0.39 is 23.8 Å². The highest BCUT2D eigenvalue weighted by atomic mass is 16.6. The van der Waals surface area contributed by atoms with Gasteiger partial charge in [0.2, 0.25) is 11.8 Å². The fourth-order valence-electron chi connectivity index (χ4n) is 3.06. The van der Waals surface area contributed by atoms with Crippen LogP contribution in [0.2, 0.25) is 0 Å². The predicted molar refractivity (Wildman–Crippen MR) is 95.7 cm³/mol. The molecule has 0 bridgehead atoms. The van der Waals surface area contributed by atoms with E-state index in [-0.39, 0.29) is 25.2 Å². The largest absolute Gasteiger partial charge is 0.444 e. The van der Waals surface area contributed by atoms with Crippen LogP contribution in [0, 0.1) is 0 Å². The predicted octanol–water partition coefficient (Wildman–Crippen LogP) is -0.728. The van der Waals surface area contributed by atoms with Crippen LogP contribution in [0.4, 0.5) is 4.79 Å². The van der Waals surface area contributed by atoms with E-state index in [1.807, 2.05) is 0 Å². The fourth-order valence-corrected chi connectivity index (χ4v) is 3.06. The third-order valence-corrected chi connectivity index (χ3v) is 4.31. The van der Waals surface area contributed by atoms with Crippen molar-refractivity contribution in [3.8, 4) is 0 Å². The minimum Gasteiger partial charge on any atom is -0.444 e. The van der Waals surface area contributed by atoms with E-state index in [1.165, 1.54) is 4.90 Å². The Kier molecular flexibility index (Phi) is 7.40. The number of nitrogens with zero attached hydrogens (tertiary/aromatic N) is 2. The van der Waals surface area contributed by atoms with E-state index in [1.54, 1.807) is 25.7 Å². The SMILES string of the molecule is CC(C)(C)OC(=O)N[C@H]1CCN([C@@H](COCN)C(=O)N2CCOCC2)C1=O. The summed E-state index contributed by atoms with van der Waals surface area (Å²) in [7, 11) is 0. The Balaban J connectivity index is 2.02. The highest BCUT2D eigenvalue weighted by molar-refractivity contribution is 5.93. The molecule has 10 nitrogen and oxygen atoms in total. The van der Waals surface area contributed by atoms with Crippen molar-refractivity contribution in [1.29, 1.82) is 0 Å². The minimum absolute atomic E-state index is 0.0115. The zero-order valence-corrected chi connectivity index (χ0v) is 16.2. The van der Waals surface area contributed by atoms with Gasteiger partial charge >= 0.3 is 6.09 Å². The van der Waals surface area contributed by atoms with Gasteiger partial charge in [-0.1, -0.05) is 0 Å². The van der Waals surface area contributed by atoms with Crippen LogP contribution >= 0.6 is 0 Å². The first-order valence-electron chi connectivity index (χ1n) is 9.17. The molecule has 3 amide bonds. The molecule has 27 heavy (non-hydrogen) atoms. The number of amides is 3. The molecule has 0 radical (unpaired) electrons. The molecule has 2 aliphatic heterocycles. The number of rotatable bonds is 6. The maximum atomic E-state index is 12.9. The van der Waals surface area contributed by atoms with E-state index in [0.29, 0.717) is 39.3 Å². The molecule has 2 rings (SSSR count). The van der Waals surface area contributed by atoms with E-state index in [4.69, 9.17) is 19.9 Å². The van der Waals surface area contributed by atoms with Crippen LogP contribution in [0.5, 0.6) is 0 Å². The Morgan fingerprint density at radius 2 is 1.96 bits per heavy atom. The Hall–Kier alpha value is -1.91. The number of ether oxygens (including phenoxy) is 3. The molecule has 0 aliphatic carbocycles.